The van der Waals surface area contributed by atoms with Crippen LogP contribution in [0.2, 0.25) is 0 Å². The maximum Gasteiger partial charge on any atom is 0.336 e. The van der Waals surface area contributed by atoms with Crippen LogP contribution in [-0.4, -0.2) is 23.8 Å². The van der Waals surface area contributed by atoms with Crippen LogP contribution in [0.1, 0.15) is 51.7 Å². The molecule has 0 radical (unpaired) electrons. The molecule has 5 nitrogen and oxygen atoms in total. The lowest BCUT2D eigenvalue weighted by Crippen LogP contribution is -2.32. The van der Waals surface area contributed by atoms with Crippen LogP contribution in [0.4, 0.5) is 0 Å². The average molecular weight is 381 g/mol. The van der Waals surface area contributed by atoms with Crippen LogP contribution in [0.25, 0.3) is 5.57 Å². The van der Waals surface area contributed by atoms with Gasteiger partial charge in [-0.05, 0) is 51.8 Å². The maximum absolute atomic E-state index is 12.9. The number of carbonyl (C=O) groups is 1. The lowest BCUT2D eigenvalue weighted by Gasteiger charge is -2.34. The molecular weight excluding hydrogens is 354 g/mol. The van der Waals surface area contributed by atoms with Crippen molar-refractivity contribution in [2.75, 3.05) is 6.61 Å². The molecule has 1 aromatic carbocycles. The van der Waals surface area contributed by atoms with Crippen molar-refractivity contribution in [2.24, 2.45) is 0 Å². The van der Waals surface area contributed by atoms with E-state index in [1.54, 1.807) is 13.8 Å². The smallest absolute Gasteiger partial charge is 0.336 e. The number of fused-ring (bicyclic) bond motifs is 1. The van der Waals surface area contributed by atoms with Crippen molar-refractivity contribution < 1.29 is 19.4 Å². The van der Waals surface area contributed by atoms with Gasteiger partial charge in [0.2, 0.25) is 0 Å². The van der Waals surface area contributed by atoms with E-state index in [1.165, 1.54) is 0 Å². The predicted octanol–water partition coefficient (Wildman–Crippen LogP) is 4.17. The Morgan fingerprint density at radius 3 is 2.68 bits per heavy atom. The molecular formula is C23H27NO4. The number of carbonyl (C=O) groups excluding carboxylic acids is 1. The maximum atomic E-state index is 12.9. The molecule has 148 valence electrons. The minimum atomic E-state index is -0.755. The topological polar surface area (TPSA) is 67.8 Å². The molecule has 2 aliphatic heterocycles. The summed E-state index contributed by atoms with van der Waals surface area (Å²) >= 11 is 0. The highest BCUT2D eigenvalue weighted by Gasteiger charge is 2.38. The van der Waals surface area contributed by atoms with Gasteiger partial charge in [-0.1, -0.05) is 24.8 Å². The SMILES string of the molecule is C=C1C=C(C)Oc2c1cccc2[C@H]1C(C(=O)OCC)=C(C)NC(C)=C1C(C)O. The number of esters is 1. The second-order valence-electron chi connectivity index (χ2n) is 7.18. The number of aliphatic hydroxyl groups excluding tert-OH is 1. The number of rotatable bonds is 4. The summed E-state index contributed by atoms with van der Waals surface area (Å²) < 4.78 is 11.4. The number of aliphatic hydroxyl groups is 1. The van der Waals surface area contributed by atoms with Gasteiger partial charge in [-0.25, -0.2) is 4.79 Å². The summed E-state index contributed by atoms with van der Waals surface area (Å²) in [7, 11) is 0. The van der Waals surface area contributed by atoms with E-state index in [0.717, 1.165) is 33.7 Å². The molecule has 2 aliphatic rings. The van der Waals surface area contributed by atoms with Crippen molar-refractivity contribution in [1.82, 2.24) is 5.32 Å². The first kappa shape index (κ1) is 20.0. The van der Waals surface area contributed by atoms with Crippen molar-refractivity contribution in [2.45, 2.75) is 46.6 Å². The summed E-state index contributed by atoms with van der Waals surface area (Å²) in [5.74, 6) is 0.521. The van der Waals surface area contributed by atoms with Crippen LogP contribution in [0, 0.1) is 0 Å². The van der Waals surface area contributed by atoms with Crippen LogP contribution in [0.15, 0.2) is 59.2 Å². The van der Waals surface area contributed by atoms with Gasteiger partial charge in [0.25, 0.3) is 0 Å². The highest BCUT2D eigenvalue weighted by Crippen LogP contribution is 2.47. The van der Waals surface area contributed by atoms with E-state index in [-0.39, 0.29) is 6.61 Å². The first-order chi connectivity index (χ1) is 13.3. The Labute approximate surface area is 166 Å². The third kappa shape index (κ3) is 3.38. The zero-order valence-corrected chi connectivity index (χ0v) is 17.1. The second-order valence-corrected chi connectivity index (χ2v) is 7.18. The molecule has 0 bridgehead atoms. The summed E-state index contributed by atoms with van der Waals surface area (Å²) in [6, 6.07) is 5.81. The normalized spacial score (nSPS) is 20.1. The molecule has 3 rings (SSSR count). The van der Waals surface area contributed by atoms with E-state index >= 15 is 0 Å². The van der Waals surface area contributed by atoms with Crippen molar-refractivity contribution in [1.29, 1.82) is 0 Å². The molecule has 0 saturated heterocycles. The highest BCUT2D eigenvalue weighted by atomic mass is 16.5. The fourth-order valence-corrected chi connectivity index (χ4v) is 4.03. The third-order valence-electron chi connectivity index (χ3n) is 5.10. The van der Waals surface area contributed by atoms with E-state index in [9.17, 15) is 9.90 Å². The van der Waals surface area contributed by atoms with Crippen molar-refractivity contribution in [3.8, 4) is 5.75 Å². The lowest BCUT2D eigenvalue weighted by atomic mass is 9.77. The van der Waals surface area contributed by atoms with E-state index in [2.05, 4.69) is 11.9 Å². The summed E-state index contributed by atoms with van der Waals surface area (Å²) in [5, 5.41) is 13.8. The average Bonchev–Trinajstić information content (AvgIpc) is 2.60. The van der Waals surface area contributed by atoms with Gasteiger partial charge in [0.1, 0.15) is 11.5 Å². The Morgan fingerprint density at radius 2 is 2.04 bits per heavy atom. The summed E-state index contributed by atoms with van der Waals surface area (Å²) in [6.07, 6.45) is 1.13. The summed E-state index contributed by atoms with van der Waals surface area (Å²) in [6.45, 7) is 13.5. The molecule has 0 amide bonds. The molecule has 1 aromatic rings. The standard InChI is InChI=1S/C23H27NO4/c1-7-27-23(26)20-15(5)24-14(4)19(16(6)25)21(20)18-10-8-9-17-12(2)11-13(3)28-22(17)18/h8-11,16,21,24-25H,2,7H2,1,3-6H3/t16?,21-/m1/s1. The minimum Gasteiger partial charge on any atom is -0.463 e. The van der Waals surface area contributed by atoms with Gasteiger partial charge in [-0.3, -0.25) is 0 Å². The van der Waals surface area contributed by atoms with Crippen molar-refractivity contribution >= 4 is 11.5 Å². The molecule has 0 aliphatic carbocycles. The Bertz CT molecular complexity index is 934. The first-order valence-electron chi connectivity index (χ1n) is 9.48. The zero-order valence-electron chi connectivity index (χ0n) is 17.1. The number of dihydropyridines is 1. The number of benzene rings is 1. The molecule has 0 fully saturated rings. The van der Waals surface area contributed by atoms with Crippen molar-refractivity contribution in [3.05, 3.63) is 70.3 Å². The Balaban J connectivity index is 2.26. The highest BCUT2D eigenvalue weighted by molar-refractivity contribution is 5.93. The number of hydrogen-bond acceptors (Lipinski definition) is 5. The van der Waals surface area contributed by atoms with Crippen LogP contribution in [0.3, 0.4) is 0 Å². The number of ether oxygens (including phenoxy) is 2. The number of nitrogens with one attached hydrogen (secondary N) is 1. The molecule has 2 atom stereocenters. The Morgan fingerprint density at radius 1 is 1.32 bits per heavy atom. The minimum absolute atomic E-state index is 0.275. The van der Waals surface area contributed by atoms with Crippen LogP contribution in [-0.2, 0) is 9.53 Å². The quantitative estimate of drug-likeness (QED) is 0.766. The summed E-state index contributed by atoms with van der Waals surface area (Å²) in [5.41, 5.74) is 5.29. The van der Waals surface area contributed by atoms with Crippen LogP contribution < -0.4 is 10.1 Å². The molecule has 5 heteroatoms. The monoisotopic (exact) mass is 381 g/mol. The van der Waals surface area contributed by atoms with E-state index in [4.69, 9.17) is 9.47 Å². The Hall–Kier alpha value is -2.79. The van der Waals surface area contributed by atoms with Gasteiger partial charge < -0.3 is 19.9 Å². The molecule has 0 spiro atoms. The molecule has 0 saturated carbocycles. The number of hydrogen-bond donors (Lipinski definition) is 2. The van der Waals surface area contributed by atoms with Gasteiger partial charge in [-0.15, -0.1) is 0 Å². The Kier molecular flexibility index (Phi) is 5.47. The van der Waals surface area contributed by atoms with E-state index in [1.807, 2.05) is 45.0 Å². The molecule has 0 aromatic heterocycles. The third-order valence-corrected chi connectivity index (χ3v) is 5.10. The van der Waals surface area contributed by atoms with Crippen LogP contribution in [0.5, 0.6) is 5.75 Å². The van der Waals surface area contributed by atoms with Crippen molar-refractivity contribution in [3.63, 3.8) is 0 Å². The zero-order chi connectivity index (χ0) is 20.6. The van der Waals surface area contributed by atoms with E-state index in [0.29, 0.717) is 17.0 Å². The van der Waals surface area contributed by atoms with Gasteiger partial charge in [0.15, 0.2) is 0 Å². The first-order valence-corrected chi connectivity index (χ1v) is 9.48. The molecule has 2 N–H and O–H groups in total. The molecule has 2 heterocycles. The largest absolute Gasteiger partial charge is 0.463 e. The number of allylic oxidation sites excluding steroid dienone is 5. The van der Waals surface area contributed by atoms with Gasteiger partial charge >= 0.3 is 5.97 Å². The molecule has 1 unspecified atom stereocenters. The lowest BCUT2D eigenvalue weighted by molar-refractivity contribution is -0.138. The summed E-state index contributed by atoms with van der Waals surface area (Å²) in [4.78, 5) is 12.9. The fourth-order valence-electron chi connectivity index (χ4n) is 4.03. The number of para-hydroxylation sites is 1. The second kappa shape index (κ2) is 7.68. The van der Waals surface area contributed by atoms with E-state index < -0.39 is 18.0 Å². The van der Waals surface area contributed by atoms with Gasteiger partial charge in [0, 0.05) is 28.4 Å². The van der Waals surface area contributed by atoms with Crippen LogP contribution >= 0.6 is 0 Å². The molecule has 28 heavy (non-hydrogen) atoms. The van der Waals surface area contributed by atoms with Gasteiger partial charge in [-0.2, -0.15) is 0 Å². The van der Waals surface area contributed by atoms with Gasteiger partial charge in [0.05, 0.1) is 18.3 Å². The fraction of sp³-hybridized carbons (Fsp3) is 0.348. The predicted molar refractivity (Wildman–Crippen MR) is 109 cm³/mol.